The molecule has 1 aromatic heterocycles. The molecule has 2 rings (SSSR count). The largest absolute Gasteiger partial charge is 0.465 e. The van der Waals surface area contributed by atoms with Crippen molar-refractivity contribution in [2.45, 2.75) is 25.9 Å². The molecule has 0 unspecified atom stereocenters. The Morgan fingerprint density at radius 1 is 1.44 bits per heavy atom. The number of anilines is 1. The van der Waals surface area contributed by atoms with Gasteiger partial charge in [-0.25, -0.2) is 4.98 Å². The number of aromatic nitrogens is 2. The summed E-state index contributed by atoms with van der Waals surface area (Å²) < 4.78 is 5.93. The monoisotopic (exact) mass is 390 g/mol. The number of azide groups is 1. The van der Waals surface area contributed by atoms with Crippen molar-refractivity contribution >= 4 is 23.4 Å². The Bertz CT molecular complexity index is 880. The van der Waals surface area contributed by atoms with Crippen LogP contribution in [-0.4, -0.2) is 34.7 Å². The van der Waals surface area contributed by atoms with E-state index in [2.05, 4.69) is 20.3 Å². The SMILES string of the molecule is CCOC(=O)Cn1c(Cl)cnc(N[C@H](CN=[N+]=[N-])Cc2ccccc2)c1=O. The Balaban J connectivity index is 2.24. The van der Waals surface area contributed by atoms with Crippen molar-refractivity contribution in [2.24, 2.45) is 5.11 Å². The lowest BCUT2D eigenvalue weighted by Gasteiger charge is -2.18. The second kappa shape index (κ2) is 10.2. The van der Waals surface area contributed by atoms with Gasteiger partial charge in [0.05, 0.1) is 12.8 Å². The Kier molecular flexibility index (Phi) is 7.66. The zero-order valence-corrected chi connectivity index (χ0v) is 15.5. The lowest BCUT2D eigenvalue weighted by molar-refractivity contribution is -0.143. The van der Waals surface area contributed by atoms with Gasteiger partial charge < -0.3 is 10.1 Å². The molecule has 0 amide bonds. The Hall–Kier alpha value is -3.03. The predicted octanol–water partition coefficient (Wildman–Crippen LogP) is 2.79. The van der Waals surface area contributed by atoms with Gasteiger partial charge in [-0.05, 0) is 24.4 Å². The lowest BCUT2D eigenvalue weighted by Crippen LogP contribution is -2.34. The maximum absolute atomic E-state index is 12.6. The van der Waals surface area contributed by atoms with E-state index in [9.17, 15) is 9.59 Å². The molecule has 0 radical (unpaired) electrons. The van der Waals surface area contributed by atoms with Crippen molar-refractivity contribution in [1.82, 2.24) is 9.55 Å². The van der Waals surface area contributed by atoms with E-state index in [4.69, 9.17) is 21.9 Å². The first-order valence-corrected chi connectivity index (χ1v) is 8.65. The molecule has 0 fully saturated rings. The van der Waals surface area contributed by atoms with Crippen LogP contribution in [0.1, 0.15) is 12.5 Å². The fraction of sp³-hybridized carbons (Fsp3) is 0.353. The lowest BCUT2D eigenvalue weighted by atomic mass is 10.1. The average molecular weight is 391 g/mol. The van der Waals surface area contributed by atoms with Crippen LogP contribution in [0.3, 0.4) is 0 Å². The summed E-state index contributed by atoms with van der Waals surface area (Å²) in [6.45, 7) is 1.67. The standard InChI is InChI=1S/C17H19ClN6O3/c1-2-27-15(25)11-24-14(18)10-20-16(17(24)26)22-13(9-21-23-19)8-12-6-4-3-5-7-12/h3-7,10,13H,2,8-9,11H2,1H3,(H,20,22)/t13-/m0/s1. The molecular weight excluding hydrogens is 372 g/mol. The fourth-order valence-electron chi connectivity index (χ4n) is 2.44. The zero-order valence-electron chi connectivity index (χ0n) is 14.7. The Morgan fingerprint density at radius 2 is 2.19 bits per heavy atom. The normalized spacial score (nSPS) is 11.3. The molecule has 1 heterocycles. The van der Waals surface area contributed by atoms with Gasteiger partial charge in [-0.15, -0.1) is 0 Å². The predicted molar refractivity (Wildman–Crippen MR) is 102 cm³/mol. The van der Waals surface area contributed by atoms with Crippen LogP contribution < -0.4 is 10.9 Å². The first kappa shape index (κ1) is 20.3. The molecule has 142 valence electrons. The van der Waals surface area contributed by atoms with Crippen molar-refractivity contribution in [1.29, 1.82) is 0 Å². The number of rotatable bonds is 9. The van der Waals surface area contributed by atoms with Gasteiger partial charge in [-0.2, -0.15) is 0 Å². The van der Waals surface area contributed by atoms with Crippen molar-refractivity contribution in [3.63, 3.8) is 0 Å². The van der Waals surface area contributed by atoms with E-state index in [-0.39, 0.29) is 36.7 Å². The minimum absolute atomic E-state index is 0.0118. The minimum atomic E-state index is -0.575. The number of hydrogen-bond donors (Lipinski definition) is 1. The van der Waals surface area contributed by atoms with Gasteiger partial charge >= 0.3 is 5.97 Å². The molecule has 0 spiro atoms. The van der Waals surface area contributed by atoms with Gasteiger partial charge in [0.1, 0.15) is 11.7 Å². The number of nitrogens with one attached hydrogen (secondary N) is 1. The highest BCUT2D eigenvalue weighted by molar-refractivity contribution is 6.29. The molecule has 0 saturated heterocycles. The molecule has 9 nitrogen and oxygen atoms in total. The molecule has 0 aliphatic carbocycles. The smallest absolute Gasteiger partial charge is 0.326 e. The van der Waals surface area contributed by atoms with Crippen LogP contribution in [0.5, 0.6) is 0 Å². The molecule has 1 aromatic carbocycles. The van der Waals surface area contributed by atoms with Crippen LogP contribution in [0.25, 0.3) is 10.4 Å². The van der Waals surface area contributed by atoms with E-state index < -0.39 is 11.5 Å². The quantitative estimate of drug-likeness (QED) is 0.305. The average Bonchev–Trinajstić information content (AvgIpc) is 2.66. The summed E-state index contributed by atoms with van der Waals surface area (Å²) in [6.07, 6.45) is 1.79. The van der Waals surface area contributed by atoms with Crippen LogP contribution in [0.15, 0.2) is 46.4 Å². The third-order valence-corrected chi connectivity index (χ3v) is 3.93. The number of carbonyl (C=O) groups is 1. The molecule has 10 heteroatoms. The van der Waals surface area contributed by atoms with E-state index in [0.717, 1.165) is 10.1 Å². The maximum atomic E-state index is 12.6. The summed E-state index contributed by atoms with van der Waals surface area (Å²) in [5.74, 6) is -0.564. The number of benzene rings is 1. The second-order valence-corrected chi connectivity index (χ2v) is 5.96. The summed E-state index contributed by atoms with van der Waals surface area (Å²) in [5.41, 5.74) is 9.06. The number of ether oxygens (including phenoxy) is 1. The van der Waals surface area contributed by atoms with E-state index in [0.29, 0.717) is 6.42 Å². The van der Waals surface area contributed by atoms with E-state index in [1.165, 1.54) is 6.20 Å². The van der Waals surface area contributed by atoms with Gasteiger partial charge in [0.15, 0.2) is 5.82 Å². The van der Waals surface area contributed by atoms with E-state index in [1.807, 2.05) is 30.3 Å². The third kappa shape index (κ3) is 6.02. The highest BCUT2D eigenvalue weighted by Gasteiger charge is 2.16. The molecule has 0 aliphatic rings. The fourth-order valence-corrected chi connectivity index (χ4v) is 2.62. The van der Waals surface area contributed by atoms with Crippen molar-refractivity contribution in [3.8, 4) is 0 Å². The number of carbonyl (C=O) groups excluding carboxylic acids is 1. The van der Waals surface area contributed by atoms with Crippen LogP contribution in [0.4, 0.5) is 5.82 Å². The van der Waals surface area contributed by atoms with Gasteiger partial charge in [0.2, 0.25) is 0 Å². The number of nitrogens with zero attached hydrogens (tertiary/aromatic N) is 5. The minimum Gasteiger partial charge on any atom is -0.465 e. The van der Waals surface area contributed by atoms with Crippen LogP contribution >= 0.6 is 11.6 Å². The van der Waals surface area contributed by atoms with Crippen LogP contribution in [0, 0.1) is 0 Å². The number of hydrogen-bond acceptors (Lipinski definition) is 6. The third-order valence-electron chi connectivity index (χ3n) is 3.63. The summed E-state index contributed by atoms with van der Waals surface area (Å²) in [6, 6.07) is 9.19. The molecule has 1 N–H and O–H groups in total. The molecule has 27 heavy (non-hydrogen) atoms. The second-order valence-electron chi connectivity index (χ2n) is 5.57. The number of halogens is 1. The molecule has 0 aliphatic heterocycles. The molecule has 1 atom stereocenters. The number of esters is 1. The summed E-state index contributed by atoms with van der Waals surface area (Å²) in [4.78, 5) is 31.1. The zero-order chi connectivity index (χ0) is 19.6. The Morgan fingerprint density at radius 3 is 2.85 bits per heavy atom. The van der Waals surface area contributed by atoms with Gasteiger partial charge in [-0.1, -0.05) is 47.0 Å². The summed E-state index contributed by atoms with van der Waals surface area (Å²) >= 11 is 5.99. The highest BCUT2D eigenvalue weighted by atomic mass is 35.5. The van der Waals surface area contributed by atoms with Crippen molar-refractivity contribution < 1.29 is 9.53 Å². The first-order valence-electron chi connectivity index (χ1n) is 8.27. The van der Waals surface area contributed by atoms with Crippen molar-refractivity contribution in [3.05, 3.63) is 68.0 Å². The van der Waals surface area contributed by atoms with Gasteiger partial charge in [0, 0.05) is 17.5 Å². The van der Waals surface area contributed by atoms with Gasteiger partial charge in [-0.3, -0.25) is 14.2 Å². The van der Waals surface area contributed by atoms with Crippen LogP contribution in [-0.2, 0) is 22.5 Å². The van der Waals surface area contributed by atoms with Crippen LogP contribution in [0.2, 0.25) is 5.15 Å². The molecule has 0 saturated carbocycles. The molecular formula is C17H19ClN6O3. The molecule has 0 bridgehead atoms. The Labute approximate surface area is 160 Å². The van der Waals surface area contributed by atoms with E-state index >= 15 is 0 Å². The van der Waals surface area contributed by atoms with Gasteiger partial charge in [0.25, 0.3) is 5.56 Å². The first-order chi connectivity index (χ1) is 13.0. The summed E-state index contributed by atoms with van der Waals surface area (Å²) in [5, 5.41) is 6.59. The highest BCUT2D eigenvalue weighted by Crippen LogP contribution is 2.10. The van der Waals surface area contributed by atoms with E-state index in [1.54, 1.807) is 6.92 Å². The summed E-state index contributed by atoms with van der Waals surface area (Å²) in [7, 11) is 0. The van der Waals surface area contributed by atoms with Crippen molar-refractivity contribution in [2.75, 3.05) is 18.5 Å². The maximum Gasteiger partial charge on any atom is 0.326 e. The molecule has 2 aromatic rings. The topological polar surface area (TPSA) is 122 Å².